The van der Waals surface area contributed by atoms with E-state index in [4.69, 9.17) is 0 Å². The Balaban J connectivity index is 1.96. The van der Waals surface area contributed by atoms with Crippen molar-refractivity contribution in [2.45, 2.75) is 6.04 Å². The van der Waals surface area contributed by atoms with E-state index in [1.54, 1.807) is 6.08 Å². The highest BCUT2D eigenvalue weighted by Gasteiger charge is 2.52. The van der Waals surface area contributed by atoms with Crippen LogP contribution in [0.3, 0.4) is 0 Å². The molecule has 1 fully saturated rings. The fourth-order valence-corrected chi connectivity index (χ4v) is 3.40. The second-order valence-corrected chi connectivity index (χ2v) is 6.28. The number of imide groups is 2. The monoisotopic (exact) mass is 341 g/mol. The van der Waals surface area contributed by atoms with E-state index in [-0.39, 0.29) is 5.78 Å². The zero-order chi connectivity index (χ0) is 18.3. The van der Waals surface area contributed by atoms with Crippen molar-refractivity contribution in [3.8, 4) is 0 Å². The number of benzene rings is 1. The normalized spacial score (nSPS) is 24.4. The predicted molar refractivity (Wildman–Crippen MR) is 90.7 cm³/mol. The molecule has 130 valence electrons. The molecule has 7 heteroatoms. The Kier molecular flexibility index (Phi) is 4.16. The lowest BCUT2D eigenvalue weighted by atomic mass is 9.82. The molecular weight excluding hydrogens is 322 g/mol. The number of allylic oxidation sites excluding steroid dienone is 1. The van der Waals surface area contributed by atoms with Gasteiger partial charge in [0, 0.05) is 26.8 Å². The summed E-state index contributed by atoms with van der Waals surface area (Å²) in [5, 5.41) is 0. The molecular formula is C18H19N3O4. The first-order chi connectivity index (χ1) is 11.8. The highest BCUT2D eigenvalue weighted by molar-refractivity contribution is 6.18. The average molecular weight is 341 g/mol. The van der Waals surface area contributed by atoms with Crippen LogP contribution >= 0.6 is 0 Å². The molecule has 1 aliphatic carbocycles. The number of carbonyl (C=O) groups excluding carboxylic acids is 4. The first-order valence-electron chi connectivity index (χ1n) is 7.93. The van der Waals surface area contributed by atoms with Crippen molar-refractivity contribution >= 4 is 29.3 Å². The number of amides is 4. The molecule has 1 aliphatic heterocycles. The van der Waals surface area contributed by atoms with Crippen LogP contribution in [0.5, 0.6) is 0 Å². The van der Waals surface area contributed by atoms with Gasteiger partial charge in [0.1, 0.15) is 5.92 Å². The maximum atomic E-state index is 12.6. The lowest BCUT2D eigenvalue weighted by molar-refractivity contribution is -0.152. The summed E-state index contributed by atoms with van der Waals surface area (Å²) in [6, 6.07) is 8.28. The van der Waals surface area contributed by atoms with Crippen LogP contribution in [0.2, 0.25) is 0 Å². The van der Waals surface area contributed by atoms with Gasteiger partial charge in [-0.2, -0.15) is 0 Å². The molecule has 1 saturated heterocycles. The summed E-state index contributed by atoms with van der Waals surface area (Å²) in [5.74, 6) is -3.62. The molecule has 1 aromatic rings. The standard InChI is InChI=1S/C18H19N3O4/c1-19(11-7-5-4-6-8-11)12-9-10-13(22)14(12)15-16(23)20(2)18(25)21(3)17(15)24/h4-10,12,14-15H,1-3H3/t12-,14+/m1/s1. The molecule has 1 aromatic carbocycles. The van der Waals surface area contributed by atoms with Crippen LogP contribution in [-0.2, 0) is 14.4 Å². The van der Waals surface area contributed by atoms with Gasteiger partial charge in [0.2, 0.25) is 11.8 Å². The summed E-state index contributed by atoms with van der Waals surface area (Å²) >= 11 is 0. The SMILES string of the molecule is CN1C(=O)C([C@@H]2C(=O)C=C[C@H]2N(C)c2ccccc2)C(=O)N(C)C1=O. The lowest BCUT2D eigenvalue weighted by Crippen LogP contribution is -2.61. The van der Waals surface area contributed by atoms with Gasteiger partial charge < -0.3 is 4.90 Å². The van der Waals surface area contributed by atoms with E-state index in [0.29, 0.717) is 0 Å². The highest BCUT2D eigenvalue weighted by atomic mass is 16.2. The average Bonchev–Trinajstić information content (AvgIpc) is 3.00. The highest BCUT2D eigenvalue weighted by Crippen LogP contribution is 2.34. The molecule has 4 amide bonds. The maximum absolute atomic E-state index is 12.6. The van der Waals surface area contributed by atoms with Crippen molar-refractivity contribution in [1.29, 1.82) is 0 Å². The number of carbonyl (C=O) groups is 4. The molecule has 0 N–H and O–H groups in total. The number of anilines is 1. The minimum atomic E-state index is -1.20. The van der Waals surface area contributed by atoms with E-state index in [1.807, 2.05) is 42.3 Å². The number of hydrogen-bond acceptors (Lipinski definition) is 5. The Labute approximate surface area is 145 Å². The minimum absolute atomic E-state index is 0.282. The Bertz CT molecular complexity index is 750. The summed E-state index contributed by atoms with van der Waals surface area (Å²) in [4.78, 5) is 53.2. The van der Waals surface area contributed by atoms with E-state index in [0.717, 1.165) is 15.5 Å². The molecule has 0 aromatic heterocycles. The molecule has 0 unspecified atom stereocenters. The molecule has 2 aliphatic rings. The fourth-order valence-electron chi connectivity index (χ4n) is 3.40. The van der Waals surface area contributed by atoms with Crippen molar-refractivity contribution in [3.63, 3.8) is 0 Å². The number of rotatable bonds is 3. The third kappa shape index (κ3) is 2.61. The Morgan fingerprint density at radius 1 is 0.920 bits per heavy atom. The Morgan fingerprint density at radius 2 is 1.48 bits per heavy atom. The Morgan fingerprint density at radius 3 is 2.04 bits per heavy atom. The van der Waals surface area contributed by atoms with Crippen LogP contribution in [0.25, 0.3) is 0 Å². The van der Waals surface area contributed by atoms with E-state index >= 15 is 0 Å². The number of nitrogens with zero attached hydrogens (tertiary/aromatic N) is 3. The van der Waals surface area contributed by atoms with Gasteiger partial charge in [-0.15, -0.1) is 0 Å². The maximum Gasteiger partial charge on any atom is 0.332 e. The van der Waals surface area contributed by atoms with Crippen molar-refractivity contribution in [2.24, 2.45) is 11.8 Å². The smallest absolute Gasteiger partial charge is 0.332 e. The number of likely N-dealkylation sites (N-methyl/N-ethyl adjacent to an activating group) is 1. The third-order valence-electron chi connectivity index (χ3n) is 4.89. The van der Waals surface area contributed by atoms with Crippen LogP contribution in [0.4, 0.5) is 10.5 Å². The molecule has 1 heterocycles. The van der Waals surface area contributed by atoms with Crippen molar-refractivity contribution < 1.29 is 19.2 Å². The molecule has 25 heavy (non-hydrogen) atoms. The van der Waals surface area contributed by atoms with E-state index in [2.05, 4.69) is 0 Å². The molecule has 0 radical (unpaired) electrons. The van der Waals surface area contributed by atoms with Gasteiger partial charge in [0.25, 0.3) is 0 Å². The van der Waals surface area contributed by atoms with Crippen molar-refractivity contribution in [3.05, 3.63) is 42.5 Å². The van der Waals surface area contributed by atoms with Crippen molar-refractivity contribution in [1.82, 2.24) is 9.80 Å². The third-order valence-corrected chi connectivity index (χ3v) is 4.89. The summed E-state index contributed by atoms with van der Waals surface area (Å²) < 4.78 is 0. The van der Waals surface area contributed by atoms with Crippen LogP contribution in [-0.4, -0.2) is 60.6 Å². The van der Waals surface area contributed by atoms with Crippen LogP contribution < -0.4 is 4.90 Å². The summed E-state index contributed by atoms with van der Waals surface area (Å²) in [7, 11) is 4.46. The zero-order valence-electron chi connectivity index (χ0n) is 14.2. The fraction of sp³-hybridized carbons (Fsp3) is 0.333. The zero-order valence-corrected chi connectivity index (χ0v) is 14.2. The number of hydrogen-bond donors (Lipinski definition) is 0. The number of para-hydroxylation sites is 1. The summed E-state index contributed by atoms with van der Waals surface area (Å²) in [5.41, 5.74) is 0.866. The Hall–Kier alpha value is -2.96. The number of barbiturate groups is 1. The lowest BCUT2D eigenvalue weighted by Gasteiger charge is -2.38. The minimum Gasteiger partial charge on any atom is -0.367 e. The molecule has 2 atom stereocenters. The summed E-state index contributed by atoms with van der Waals surface area (Å²) in [6.07, 6.45) is 3.11. The van der Waals surface area contributed by atoms with Gasteiger partial charge >= 0.3 is 6.03 Å². The quantitative estimate of drug-likeness (QED) is 0.764. The van der Waals surface area contributed by atoms with E-state index in [9.17, 15) is 19.2 Å². The van der Waals surface area contributed by atoms with Gasteiger partial charge in [0.05, 0.1) is 12.0 Å². The van der Waals surface area contributed by atoms with Gasteiger partial charge in [-0.05, 0) is 18.2 Å². The second-order valence-electron chi connectivity index (χ2n) is 6.28. The van der Waals surface area contributed by atoms with Gasteiger partial charge in [-0.25, -0.2) is 4.79 Å². The summed E-state index contributed by atoms with van der Waals surface area (Å²) in [6.45, 7) is 0. The van der Waals surface area contributed by atoms with Gasteiger partial charge in [0.15, 0.2) is 5.78 Å². The van der Waals surface area contributed by atoms with Gasteiger partial charge in [-0.3, -0.25) is 24.2 Å². The van der Waals surface area contributed by atoms with Crippen molar-refractivity contribution in [2.75, 3.05) is 26.0 Å². The predicted octanol–water partition coefficient (Wildman–Crippen LogP) is 0.913. The largest absolute Gasteiger partial charge is 0.367 e. The van der Waals surface area contributed by atoms with Gasteiger partial charge in [-0.1, -0.05) is 24.3 Å². The molecule has 0 saturated carbocycles. The first kappa shape index (κ1) is 16.9. The molecule has 3 rings (SSSR count). The van der Waals surface area contributed by atoms with E-state index < -0.39 is 35.7 Å². The van der Waals surface area contributed by atoms with E-state index in [1.165, 1.54) is 20.2 Å². The topological polar surface area (TPSA) is 78.0 Å². The van der Waals surface area contributed by atoms with Crippen LogP contribution in [0.15, 0.2) is 42.5 Å². The first-order valence-corrected chi connectivity index (χ1v) is 7.93. The van der Waals surface area contributed by atoms with Crippen LogP contribution in [0, 0.1) is 11.8 Å². The molecule has 0 bridgehead atoms. The molecule has 7 nitrogen and oxygen atoms in total. The number of urea groups is 1. The van der Waals surface area contributed by atoms with Crippen LogP contribution in [0.1, 0.15) is 0 Å². The number of ketones is 1. The molecule has 0 spiro atoms. The second kappa shape index (κ2) is 6.16.